The normalized spacial score (nSPS) is 19.7. The first-order valence-electron chi connectivity index (χ1n) is 9.10. The largest absolute Gasteiger partial charge is 0.480 e. The van der Waals surface area contributed by atoms with Crippen LogP contribution in [0, 0.1) is 5.92 Å². The molecule has 3 atom stereocenters. The van der Waals surface area contributed by atoms with Crippen molar-refractivity contribution in [2.45, 2.75) is 52.0 Å². The summed E-state index contributed by atoms with van der Waals surface area (Å²) in [7, 11) is 0. The zero-order valence-electron chi connectivity index (χ0n) is 15.9. The number of amides is 2. The highest BCUT2D eigenvalue weighted by Gasteiger charge is 2.47. The second kappa shape index (κ2) is 8.34. The molecule has 0 spiro atoms. The zero-order valence-corrected chi connectivity index (χ0v) is 15.9. The minimum Gasteiger partial charge on any atom is -0.480 e. The Morgan fingerprint density at radius 2 is 1.81 bits per heavy atom. The van der Waals surface area contributed by atoms with Gasteiger partial charge in [0.25, 0.3) is 0 Å². The molecule has 2 amide bonds. The van der Waals surface area contributed by atoms with E-state index in [1.54, 1.807) is 0 Å². The predicted molar refractivity (Wildman–Crippen MR) is 98.9 cm³/mol. The quantitative estimate of drug-likeness (QED) is 0.745. The number of hydrogen-bond donors (Lipinski definition) is 2. The van der Waals surface area contributed by atoms with Crippen molar-refractivity contribution in [3.63, 3.8) is 0 Å². The first-order valence-corrected chi connectivity index (χ1v) is 9.10. The maximum absolute atomic E-state index is 12.8. The van der Waals surface area contributed by atoms with Gasteiger partial charge in [0, 0.05) is 25.9 Å². The van der Waals surface area contributed by atoms with Crippen LogP contribution in [0.5, 0.6) is 0 Å². The molecule has 6 heteroatoms. The predicted octanol–water partition coefficient (Wildman–Crippen LogP) is 2.35. The molecule has 2 rings (SSSR count). The van der Waals surface area contributed by atoms with E-state index in [1.165, 1.54) is 24.3 Å². The van der Waals surface area contributed by atoms with E-state index in [4.69, 9.17) is 0 Å². The number of aliphatic carboxylic acids is 1. The average Bonchev–Trinajstić information content (AvgIpc) is 3.38. The van der Waals surface area contributed by atoms with E-state index in [1.807, 2.05) is 0 Å². The van der Waals surface area contributed by atoms with Gasteiger partial charge in [-0.1, -0.05) is 38.1 Å². The van der Waals surface area contributed by atoms with Gasteiger partial charge in [-0.05, 0) is 36.3 Å². The third-order valence-electron chi connectivity index (χ3n) is 4.97. The Morgan fingerprint density at radius 1 is 1.19 bits per heavy atom. The smallest absolute Gasteiger partial charge is 0.326 e. The Hall–Kier alpha value is -2.37. The Morgan fingerprint density at radius 3 is 2.31 bits per heavy atom. The fourth-order valence-corrected chi connectivity index (χ4v) is 3.16. The number of carbonyl (C=O) groups excluding carboxylic acids is 2. The van der Waals surface area contributed by atoms with Crippen LogP contribution in [0.4, 0.5) is 0 Å². The molecule has 0 aromatic heterocycles. The highest BCUT2D eigenvalue weighted by Crippen LogP contribution is 2.48. The highest BCUT2D eigenvalue weighted by molar-refractivity contribution is 5.87. The molecular weight excluding hydrogens is 332 g/mol. The zero-order chi connectivity index (χ0) is 19.4. The van der Waals surface area contributed by atoms with Crippen LogP contribution in [-0.4, -0.2) is 46.9 Å². The summed E-state index contributed by atoms with van der Waals surface area (Å²) in [6.45, 7) is 7.62. The van der Waals surface area contributed by atoms with E-state index in [0.29, 0.717) is 5.92 Å². The Labute approximate surface area is 154 Å². The van der Waals surface area contributed by atoms with Gasteiger partial charge in [0.05, 0.1) is 0 Å². The number of carboxylic acid groups (broad SMARTS) is 1. The average molecular weight is 360 g/mol. The summed E-state index contributed by atoms with van der Waals surface area (Å²) in [6, 6.07) is 7.40. The number of hydrogen-bond acceptors (Lipinski definition) is 3. The van der Waals surface area contributed by atoms with Crippen molar-refractivity contribution in [3.05, 3.63) is 35.4 Å². The topological polar surface area (TPSA) is 86.7 Å². The molecule has 0 radical (unpaired) electrons. The maximum Gasteiger partial charge on any atom is 0.326 e. The molecule has 1 fully saturated rings. The van der Waals surface area contributed by atoms with Gasteiger partial charge < -0.3 is 15.3 Å². The molecule has 26 heavy (non-hydrogen) atoms. The molecule has 142 valence electrons. The van der Waals surface area contributed by atoms with E-state index in [0.717, 1.165) is 12.0 Å². The molecule has 1 aromatic carbocycles. The van der Waals surface area contributed by atoms with E-state index >= 15 is 0 Å². The molecule has 1 aliphatic carbocycles. The lowest BCUT2D eigenvalue weighted by molar-refractivity contribution is -0.150. The van der Waals surface area contributed by atoms with Crippen molar-refractivity contribution < 1.29 is 19.5 Å². The summed E-state index contributed by atoms with van der Waals surface area (Å²) in [5.74, 6) is -0.967. The lowest BCUT2D eigenvalue weighted by Gasteiger charge is -2.27. The van der Waals surface area contributed by atoms with Crippen molar-refractivity contribution in [3.8, 4) is 0 Å². The summed E-state index contributed by atoms with van der Waals surface area (Å²) in [6.07, 6.45) is 0.739. The molecule has 1 aromatic rings. The van der Waals surface area contributed by atoms with Gasteiger partial charge in [-0.15, -0.1) is 0 Å². The molecule has 2 N–H and O–H groups in total. The summed E-state index contributed by atoms with van der Waals surface area (Å²) >= 11 is 0. The van der Waals surface area contributed by atoms with Gasteiger partial charge in [-0.2, -0.15) is 0 Å². The molecule has 0 bridgehead atoms. The minimum absolute atomic E-state index is 0.146. The van der Waals surface area contributed by atoms with E-state index in [-0.39, 0.29) is 36.7 Å². The molecule has 1 saturated carbocycles. The molecule has 6 nitrogen and oxygen atoms in total. The molecule has 0 saturated heterocycles. The van der Waals surface area contributed by atoms with Crippen LogP contribution in [0.25, 0.3) is 0 Å². The van der Waals surface area contributed by atoms with Crippen LogP contribution in [0.2, 0.25) is 0 Å². The van der Waals surface area contributed by atoms with E-state index in [9.17, 15) is 19.5 Å². The van der Waals surface area contributed by atoms with Gasteiger partial charge in [0.2, 0.25) is 11.8 Å². The Kier molecular flexibility index (Phi) is 6.40. The van der Waals surface area contributed by atoms with Crippen molar-refractivity contribution in [2.24, 2.45) is 5.92 Å². The number of carboxylic acids is 1. The number of benzene rings is 1. The Balaban J connectivity index is 2.04. The van der Waals surface area contributed by atoms with E-state index < -0.39 is 12.0 Å². The number of carbonyl (C=O) groups is 3. The van der Waals surface area contributed by atoms with Crippen molar-refractivity contribution in [1.29, 1.82) is 0 Å². The number of nitrogens with one attached hydrogen (secondary N) is 1. The second-order valence-electron chi connectivity index (χ2n) is 7.30. The minimum atomic E-state index is -1.04. The van der Waals surface area contributed by atoms with Gasteiger partial charge in [-0.3, -0.25) is 9.59 Å². The molecular formula is C20H28N2O4. The fourth-order valence-electron chi connectivity index (χ4n) is 3.16. The highest BCUT2D eigenvalue weighted by atomic mass is 16.4. The standard InChI is InChI=1S/C20H28N2O4/c1-12(2)15-5-7-16(8-6-15)17-11-18(17)19(24)22(13(3)20(25)26)10-9-21-14(4)23/h5-8,12-13,17-18H,9-11H2,1-4H3,(H,21,23)(H,25,26). The summed E-state index contributed by atoms with van der Waals surface area (Å²) in [5.41, 5.74) is 2.38. The fraction of sp³-hybridized carbons (Fsp3) is 0.550. The van der Waals surface area contributed by atoms with Crippen molar-refractivity contribution in [1.82, 2.24) is 10.2 Å². The molecule has 0 aliphatic heterocycles. The summed E-state index contributed by atoms with van der Waals surface area (Å²) < 4.78 is 0. The number of nitrogens with zero attached hydrogens (tertiary/aromatic N) is 1. The van der Waals surface area contributed by atoms with Crippen LogP contribution in [0.3, 0.4) is 0 Å². The van der Waals surface area contributed by atoms with Gasteiger partial charge in [0.1, 0.15) is 6.04 Å². The molecule has 3 unspecified atom stereocenters. The summed E-state index contributed by atoms with van der Waals surface area (Å²) in [4.78, 5) is 36.6. The van der Waals surface area contributed by atoms with Crippen LogP contribution in [0.15, 0.2) is 24.3 Å². The van der Waals surface area contributed by atoms with Crippen LogP contribution in [-0.2, 0) is 14.4 Å². The maximum atomic E-state index is 12.8. The van der Waals surface area contributed by atoms with Crippen molar-refractivity contribution in [2.75, 3.05) is 13.1 Å². The van der Waals surface area contributed by atoms with Gasteiger partial charge >= 0.3 is 5.97 Å². The lowest BCUT2D eigenvalue weighted by Crippen LogP contribution is -2.47. The summed E-state index contributed by atoms with van der Waals surface area (Å²) in [5, 5.41) is 11.9. The number of rotatable bonds is 8. The second-order valence-corrected chi connectivity index (χ2v) is 7.30. The first-order chi connectivity index (χ1) is 12.2. The van der Waals surface area contributed by atoms with Crippen LogP contribution < -0.4 is 5.32 Å². The lowest BCUT2D eigenvalue weighted by atomic mass is 10.00. The SMILES string of the molecule is CC(=O)NCCN(C(=O)C1CC1c1ccc(C(C)C)cc1)C(C)C(=O)O. The van der Waals surface area contributed by atoms with Gasteiger partial charge in [-0.25, -0.2) is 4.79 Å². The van der Waals surface area contributed by atoms with Crippen molar-refractivity contribution >= 4 is 17.8 Å². The Bertz CT molecular complexity index is 669. The van der Waals surface area contributed by atoms with Crippen LogP contribution >= 0.6 is 0 Å². The van der Waals surface area contributed by atoms with Gasteiger partial charge in [0.15, 0.2) is 0 Å². The first kappa shape index (κ1) is 19.9. The monoisotopic (exact) mass is 360 g/mol. The molecule has 0 heterocycles. The third-order valence-corrected chi connectivity index (χ3v) is 4.97. The third kappa shape index (κ3) is 4.84. The van der Waals surface area contributed by atoms with Crippen LogP contribution in [0.1, 0.15) is 57.1 Å². The molecule has 1 aliphatic rings. The van der Waals surface area contributed by atoms with E-state index in [2.05, 4.69) is 43.4 Å².